The lowest BCUT2D eigenvalue weighted by molar-refractivity contribution is -0.118. The molecule has 1 aromatic carbocycles. The van der Waals surface area contributed by atoms with Crippen LogP contribution in [0.2, 0.25) is 0 Å². The van der Waals surface area contributed by atoms with Crippen molar-refractivity contribution in [2.45, 2.75) is 26.2 Å². The number of nitrogen functional groups attached to an aromatic ring is 1. The van der Waals surface area contributed by atoms with E-state index in [9.17, 15) is 4.79 Å². The molecule has 0 unspecified atom stereocenters. The Hall–Kier alpha value is -2.56. The minimum atomic E-state index is -0.244. The molecular formula is C17H21N3O2. The molecule has 0 saturated carbocycles. The van der Waals surface area contributed by atoms with Gasteiger partial charge in [-0.1, -0.05) is 32.9 Å². The maximum atomic E-state index is 11.8. The van der Waals surface area contributed by atoms with Crippen molar-refractivity contribution in [1.82, 2.24) is 4.98 Å². The molecule has 2 aromatic rings. The van der Waals surface area contributed by atoms with E-state index in [1.165, 1.54) is 11.8 Å². The van der Waals surface area contributed by atoms with Gasteiger partial charge in [-0.25, -0.2) is 4.98 Å². The fourth-order valence-corrected chi connectivity index (χ4v) is 1.88. The number of carbonyl (C=O) groups excluding carboxylic acids is 1. The Morgan fingerprint density at radius 1 is 1.18 bits per heavy atom. The van der Waals surface area contributed by atoms with Crippen molar-refractivity contribution in [3.05, 3.63) is 48.2 Å². The highest BCUT2D eigenvalue weighted by molar-refractivity contribution is 5.91. The average molecular weight is 299 g/mol. The van der Waals surface area contributed by atoms with E-state index >= 15 is 0 Å². The molecule has 1 aromatic heterocycles. The molecule has 3 N–H and O–H groups in total. The monoisotopic (exact) mass is 299 g/mol. The summed E-state index contributed by atoms with van der Waals surface area (Å²) in [7, 11) is 0. The van der Waals surface area contributed by atoms with E-state index in [-0.39, 0.29) is 17.9 Å². The van der Waals surface area contributed by atoms with Gasteiger partial charge in [0.25, 0.3) is 5.91 Å². The van der Waals surface area contributed by atoms with Crippen LogP contribution in [0.4, 0.5) is 11.5 Å². The molecule has 5 nitrogen and oxygen atoms in total. The summed E-state index contributed by atoms with van der Waals surface area (Å²) in [6.45, 7) is 6.39. The van der Waals surface area contributed by atoms with Crippen LogP contribution in [0.25, 0.3) is 0 Å². The number of aromatic nitrogens is 1. The highest BCUT2D eigenvalue weighted by atomic mass is 16.5. The summed E-state index contributed by atoms with van der Waals surface area (Å²) >= 11 is 0. The number of nitrogens with zero attached hydrogens (tertiary/aromatic N) is 1. The second-order valence-corrected chi connectivity index (χ2v) is 6.08. The summed E-state index contributed by atoms with van der Waals surface area (Å²) in [6, 6.07) is 11.1. The number of benzene rings is 1. The van der Waals surface area contributed by atoms with Gasteiger partial charge in [0.15, 0.2) is 6.61 Å². The first-order chi connectivity index (χ1) is 10.3. The van der Waals surface area contributed by atoms with E-state index in [0.717, 1.165) is 0 Å². The van der Waals surface area contributed by atoms with Crippen LogP contribution in [0.1, 0.15) is 26.3 Å². The zero-order valence-corrected chi connectivity index (χ0v) is 13.1. The topological polar surface area (TPSA) is 77.2 Å². The van der Waals surface area contributed by atoms with E-state index in [1.54, 1.807) is 12.1 Å². The van der Waals surface area contributed by atoms with Crippen molar-refractivity contribution in [2.24, 2.45) is 0 Å². The number of nitrogens with one attached hydrogen (secondary N) is 1. The van der Waals surface area contributed by atoms with Crippen LogP contribution in [0.5, 0.6) is 5.75 Å². The number of nitrogens with two attached hydrogens (primary N) is 1. The van der Waals surface area contributed by atoms with Crippen molar-refractivity contribution >= 4 is 17.4 Å². The van der Waals surface area contributed by atoms with Gasteiger partial charge in [-0.2, -0.15) is 0 Å². The summed E-state index contributed by atoms with van der Waals surface area (Å²) in [6.07, 6.45) is 1.51. The number of hydrogen-bond donors (Lipinski definition) is 2. The molecule has 0 bridgehead atoms. The maximum Gasteiger partial charge on any atom is 0.262 e. The Morgan fingerprint density at radius 3 is 2.41 bits per heavy atom. The largest absolute Gasteiger partial charge is 0.484 e. The van der Waals surface area contributed by atoms with E-state index in [1.807, 2.05) is 24.3 Å². The van der Waals surface area contributed by atoms with Crippen LogP contribution in [0.3, 0.4) is 0 Å². The first kappa shape index (κ1) is 15.8. The van der Waals surface area contributed by atoms with E-state index in [0.29, 0.717) is 17.3 Å². The minimum absolute atomic E-state index is 0.0563. The van der Waals surface area contributed by atoms with Crippen molar-refractivity contribution in [3.63, 3.8) is 0 Å². The van der Waals surface area contributed by atoms with Crippen LogP contribution >= 0.6 is 0 Å². The molecule has 5 heteroatoms. The fourth-order valence-electron chi connectivity index (χ4n) is 1.88. The molecule has 1 heterocycles. The number of ether oxygens (including phenoxy) is 1. The molecule has 0 aliphatic rings. The second kappa shape index (κ2) is 6.47. The third-order valence-electron chi connectivity index (χ3n) is 3.16. The number of hydrogen-bond acceptors (Lipinski definition) is 4. The normalized spacial score (nSPS) is 11.0. The van der Waals surface area contributed by atoms with Gasteiger partial charge in [0.05, 0.1) is 11.9 Å². The number of amides is 1. The lowest BCUT2D eigenvalue weighted by Crippen LogP contribution is -2.20. The van der Waals surface area contributed by atoms with Gasteiger partial charge in [-0.05, 0) is 35.2 Å². The average Bonchev–Trinajstić information content (AvgIpc) is 2.47. The van der Waals surface area contributed by atoms with Crippen molar-refractivity contribution < 1.29 is 9.53 Å². The smallest absolute Gasteiger partial charge is 0.262 e. The van der Waals surface area contributed by atoms with E-state index < -0.39 is 0 Å². The SMILES string of the molecule is CC(C)(C)c1ccc(OCC(=O)Nc2ccc(N)nc2)cc1. The van der Waals surface area contributed by atoms with E-state index in [2.05, 4.69) is 31.1 Å². The summed E-state index contributed by atoms with van der Waals surface area (Å²) < 4.78 is 5.47. The molecule has 22 heavy (non-hydrogen) atoms. The van der Waals surface area contributed by atoms with E-state index in [4.69, 9.17) is 10.5 Å². The van der Waals surface area contributed by atoms with Crippen LogP contribution < -0.4 is 15.8 Å². The first-order valence-electron chi connectivity index (χ1n) is 7.09. The predicted octanol–water partition coefficient (Wildman–Crippen LogP) is 2.98. The van der Waals surface area contributed by atoms with Gasteiger partial charge in [0.1, 0.15) is 11.6 Å². The summed E-state index contributed by atoms with van der Waals surface area (Å²) in [4.78, 5) is 15.7. The quantitative estimate of drug-likeness (QED) is 0.910. The standard InChI is InChI=1S/C17H21N3O2/c1-17(2,3)12-4-7-14(8-5-12)22-11-16(21)20-13-6-9-15(18)19-10-13/h4-10H,11H2,1-3H3,(H2,18,19)(H,20,21). The van der Waals surface area contributed by atoms with Gasteiger partial charge in [-0.15, -0.1) is 0 Å². The highest BCUT2D eigenvalue weighted by Gasteiger charge is 2.13. The molecule has 0 radical (unpaired) electrons. The molecule has 0 atom stereocenters. The maximum absolute atomic E-state index is 11.8. The molecule has 0 fully saturated rings. The van der Waals surface area contributed by atoms with Crippen LogP contribution in [-0.4, -0.2) is 17.5 Å². The van der Waals surface area contributed by atoms with Crippen molar-refractivity contribution in [2.75, 3.05) is 17.7 Å². The third-order valence-corrected chi connectivity index (χ3v) is 3.16. The Kier molecular flexibility index (Phi) is 4.65. The Balaban J connectivity index is 1.87. The third kappa shape index (κ3) is 4.48. The molecule has 0 saturated heterocycles. The molecular weight excluding hydrogens is 278 g/mol. The van der Waals surface area contributed by atoms with Crippen LogP contribution in [0.15, 0.2) is 42.6 Å². The fraction of sp³-hybridized carbons (Fsp3) is 0.294. The minimum Gasteiger partial charge on any atom is -0.484 e. The Labute approximate surface area is 130 Å². The number of carbonyl (C=O) groups is 1. The van der Waals surface area contributed by atoms with Crippen LogP contribution in [-0.2, 0) is 10.2 Å². The lowest BCUT2D eigenvalue weighted by Gasteiger charge is -2.19. The Bertz CT molecular complexity index is 628. The highest BCUT2D eigenvalue weighted by Crippen LogP contribution is 2.24. The second-order valence-electron chi connectivity index (χ2n) is 6.08. The number of anilines is 2. The summed E-state index contributed by atoms with van der Waals surface area (Å²) in [5.41, 5.74) is 7.39. The van der Waals surface area contributed by atoms with Crippen LogP contribution in [0, 0.1) is 0 Å². The number of rotatable bonds is 4. The van der Waals surface area contributed by atoms with Gasteiger partial charge in [-0.3, -0.25) is 4.79 Å². The molecule has 1 amide bonds. The molecule has 116 valence electrons. The lowest BCUT2D eigenvalue weighted by atomic mass is 9.87. The van der Waals surface area contributed by atoms with Gasteiger partial charge >= 0.3 is 0 Å². The molecule has 0 aliphatic heterocycles. The zero-order valence-electron chi connectivity index (χ0n) is 13.1. The van der Waals surface area contributed by atoms with Crippen molar-refractivity contribution in [3.8, 4) is 5.75 Å². The zero-order chi connectivity index (χ0) is 16.2. The summed E-state index contributed by atoms with van der Waals surface area (Å²) in [5, 5.41) is 2.69. The van der Waals surface area contributed by atoms with Gasteiger partial charge in [0, 0.05) is 0 Å². The van der Waals surface area contributed by atoms with Gasteiger partial charge < -0.3 is 15.8 Å². The predicted molar refractivity (Wildman–Crippen MR) is 87.9 cm³/mol. The number of pyridine rings is 1. The summed E-state index contributed by atoms with van der Waals surface area (Å²) in [5.74, 6) is 0.832. The molecule has 0 aliphatic carbocycles. The van der Waals surface area contributed by atoms with Gasteiger partial charge in [0.2, 0.25) is 0 Å². The van der Waals surface area contributed by atoms with Crippen molar-refractivity contribution in [1.29, 1.82) is 0 Å². The first-order valence-corrected chi connectivity index (χ1v) is 7.09. The Morgan fingerprint density at radius 2 is 1.86 bits per heavy atom. The molecule has 0 spiro atoms. The molecule has 2 rings (SSSR count).